The van der Waals surface area contributed by atoms with Crippen molar-refractivity contribution in [1.82, 2.24) is 4.90 Å². The van der Waals surface area contributed by atoms with Gasteiger partial charge in [0.25, 0.3) is 0 Å². The number of nitrogens with zero attached hydrogens (tertiary/aromatic N) is 1. The summed E-state index contributed by atoms with van der Waals surface area (Å²) in [6.45, 7) is 11.3. The predicted molar refractivity (Wildman–Crippen MR) is 76.1 cm³/mol. The van der Waals surface area contributed by atoms with Crippen molar-refractivity contribution in [3.05, 3.63) is 0 Å². The molecule has 0 saturated heterocycles. The minimum Gasteiger partial charge on any atom is -0.330 e. The topological polar surface area (TPSA) is 29.3 Å². The molecule has 0 aromatic rings. The van der Waals surface area contributed by atoms with Crippen molar-refractivity contribution in [3.8, 4) is 0 Å². The van der Waals surface area contributed by atoms with E-state index in [9.17, 15) is 0 Å². The van der Waals surface area contributed by atoms with Crippen LogP contribution < -0.4 is 5.73 Å². The van der Waals surface area contributed by atoms with Crippen LogP contribution in [0.4, 0.5) is 0 Å². The molecule has 0 aromatic carbocycles. The summed E-state index contributed by atoms with van der Waals surface area (Å²) in [4.78, 5) is 2.52. The molecule has 102 valence electrons. The van der Waals surface area contributed by atoms with Gasteiger partial charge in [-0.15, -0.1) is 0 Å². The molecule has 17 heavy (non-hydrogen) atoms. The third-order valence-corrected chi connectivity index (χ3v) is 5.24. The Labute approximate surface area is 108 Å². The van der Waals surface area contributed by atoms with Gasteiger partial charge in [0.15, 0.2) is 0 Å². The molecular weight excluding hydrogens is 208 g/mol. The van der Waals surface area contributed by atoms with Crippen molar-refractivity contribution in [2.45, 2.75) is 65.3 Å². The highest BCUT2D eigenvalue weighted by Crippen LogP contribution is 2.39. The van der Waals surface area contributed by atoms with E-state index in [0.29, 0.717) is 11.0 Å². The standard InChI is InChI=1S/C15H32N2/c1-6-14(3,4)17(5)12-15(11-16)9-7-13(2)8-10-15/h13H,6-12,16H2,1-5H3. The van der Waals surface area contributed by atoms with E-state index in [1.807, 2.05) is 0 Å². The fraction of sp³-hybridized carbons (Fsp3) is 1.00. The first-order valence-electron chi connectivity index (χ1n) is 7.26. The molecule has 1 saturated carbocycles. The van der Waals surface area contributed by atoms with Crippen LogP contribution in [0.15, 0.2) is 0 Å². The first-order valence-corrected chi connectivity index (χ1v) is 7.26. The number of nitrogens with two attached hydrogens (primary N) is 1. The van der Waals surface area contributed by atoms with Crippen LogP contribution in [0.1, 0.15) is 59.8 Å². The van der Waals surface area contributed by atoms with Gasteiger partial charge in [-0.05, 0) is 58.0 Å². The lowest BCUT2D eigenvalue weighted by molar-refractivity contribution is 0.0527. The van der Waals surface area contributed by atoms with E-state index < -0.39 is 0 Å². The largest absolute Gasteiger partial charge is 0.330 e. The van der Waals surface area contributed by atoms with Gasteiger partial charge in [-0.1, -0.05) is 26.7 Å². The third kappa shape index (κ3) is 3.69. The van der Waals surface area contributed by atoms with Crippen LogP contribution >= 0.6 is 0 Å². The molecular formula is C15H32N2. The quantitative estimate of drug-likeness (QED) is 0.799. The van der Waals surface area contributed by atoms with Crippen LogP contribution in [0, 0.1) is 11.3 Å². The lowest BCUT2D eigenvalue weighted by Crippen LogP contribution is -2.50. The van der Waals surface area contributed by atoms with E-state index >= 15 is 0 Å². The van der Waals surface area contributed by atoms with Crippen LogP contribution in [0.3, 0.4) is 0 Å². The average molecular weight is 240 g/mol. The van der Waals surface area contributed by atoms with Crippen molar-refractivity contribution in [3.63, 3.8) is 0 Å². The van der Waals surface area contributed by atoms with E-state index in [0.717, 1.165) is 19.0 Å². The van der Waals surface area contributed by atoms with Gasteiger partial charge in [-0.3, -0.25) is 0 Å². The summed E-state index contributed by atoms with van der Waals surface area (Å²) in [5.41, 5.74) is 6.77. The molecule has 0 heterocycles. The smallest absolute Gasteiger partial charge is 0.0147 e. The van der Waals surface area contributed by atoms with E-state index in [-0.39, 0.29) is 0 Å². The van der Waals surface area contributed by atoms with Crippen LogP contribution in [-0.4, -0.2) is 30.6 Å². The fourth-order valence-corrected chi connectivity index (χ4v) is 2.79. The first-order chi connectivity index (χ1) is 7.85. The molecule has 2 nitrogen and oxygen atoms in total. The van der Waals surface area contributed by atoms with E-state index in [1.54, 1.807) is 0 Å². The Bertz CT molecular complexity index is 227. The molecule has 1 aliphatic carbocycles. The number of hydrogen-bond donors (Lipinski definition) is 1. The highest BCUT2D eigenvalue weighted by molar-refractivity contribution is 4.91. The molecule has 0 atom stereocenters. The predicted octanol–water partition coefficient (Wildman–Crippen LogP) is 3.26. The zero-order chi connectivity index (χ0) is 13.1. The summed E-state index contributed by atoms with van der Waals surface area (Å²) in [5.74, 6) is 0.902. The maximum absolute atomic E-state index is 6.09. The third-order valence-electron chi connectivity index (χ3n) is 5.24. The molecule has 2 heteroatoms. The van der Waals surface area contributed by atoms with Crippen LogP contribution in [-0.2, 0) is 0 Å². The van der Waals surface area contributed by atoms with Gasteiger partial charge in [0.2, 0.25) is 0 Å². The molecule has 1 aliphatic rings. The van der Waals surface area contributed by atoms with Crippen molar-refractivity contribution < 1.29 is 0 Å². The zero-order valence-electron chi connectivity index (χ0n) is 12.6. The average Bonchev–Trinajstić information content (AvgIpc) is 2.32. The summed E-state index contributed by atoms with van der Waals surface area (Å²) >= 11 is 0. The highest BCUT2D eigenvalue weighted by Gasteiger charge is 2.36. The Balaban J connectivity index is 2.63. The summed E-state index contributed by atoms with van der Waals surface area (Å²) < 4.78 is 0. The molecule has 0 amide bonds. The van der Waals surface area contributed by atoms with Crippen LogP contribution in [0.25, 0.3) is 0 Å². The van der Waals surface area contributed by atoms with Gasteiger partial charge in [0.1, 0.15) is 0 Å². The minimum absolute atomic E-state index is 0.297. The van der Waals surface area contributed by atoms with Crippen LogP contribution in [0.5, 0.6) is 0 Å². The minimum atomic E-state index is 0.297. The molecule has 2 N–H and O–H groups in total. The Morgan fingerprint density at radius 1 is 1.29 bits per heavy atom. The van der Waals surface area contributed by atoms with Crippen molar-refractivity contribution in [2.75, 3.05) is 20.1 Å². The van der Waals surface area contributed by atoms with E-state index in [4.69, 9.17) is 5.73 Å². The lowest BCUT2D eigenvalue weighted by atomic mass is 9.70. The second-order valence-corrected chi connectivity index (χ2v) is 6.91. The molecule has 0 spiro atoms. The fourth-order valence-electron chi connectivity index (χ4n) is 2.79. The molecule has 1 fully saturated rings. The lowest BCUT2D eigenvalue weighted by Gasteiger charge is -2.45. The molecule has 0 radical (unpaired) electrons. The number of rotatable bonds is 5. The molecule has 0 bridgehead atoms. The van der Waals surface area contributed by atoms with Gasteiger partial charge >= 0.3 is 0 Å². The van der Waals surface area contributed by atoms with Crippen molar-refractivity contribution in [1.29, 1.82) is 0 Å². The molecule has 0 aliphatic heterocycles. The SMILES string of the molecule is CCC(C)(C)N(C)CC1(CN)CCC(C)CC1. The zero-order valence-corrected chi connectivity index (χ0v) is 12.6. The summed E-state index contributed by atoms with van der Waals surface area (Å²) in [6, 6.07) is 0. The maximum Gasteiger partial charge on any atom is 0.0147 e. The number of hydrogen-bond acceptors (Lipinski definition) is 2. The van der Waals surface area contributed by atoms with Gasteiger partial charge < -0.3 is 10.6 Å². The highest BCUT2D eigenvalue weighted by atomic mass is 15.2. The van der Waals surface area contributed by atoms with Crippen molar-refractivity contribution >= 4 is 0 Å². The van der Waals surface area contributed by atoms with E-state index in [2.05, 4.69) is 39.6 Å². The normalized spacial score (nSPS) is 30.9. The second kappa shape index (κ2) is 5.71. The summed E-state index contributed by atoms with van der Waals surface area (Å²) in [5, 5.41) is 0. The molecule has 1 rings (SSSR count). The Morgan fingerprint density at radius 3 is 2.24 bits per heavy atom. The Hall–Kier alpha value is -0.0800. The van der Waals surface area contributed by atoms with Crippen LogP contribution in [0.2, 0.25) is 0 Å². The Morgan fingerprint density at radius 2 is 1.82 bits per heavy atom. The van der Waals surface area contributed by atoms with Gasteiger partial charge in [0, 0.05) is 12.1 Å². The van der Waals surface area contributed by atoms with Gasteiger partial charge in [-0.2, -0.15) is 0 Å². The monoisotopic (exact) mass is 240 g/mol. The molecule has 0 unspecified atom stereocenters. The molecule has 0 aromatic heterocycles. The maximum atomic E-state index is 6.09. The van der Waals surface area contributed by atoms with Gasteiger partial charge in [-0.25, -0.2) is 0 Å². The summed E-state index contributed by atoms with van der Waals surface area (Å²) in [6.07, 6.45) is 6.54. The van der Waals surface area contributed by atoms with Crippen molar-refractivity contribution in [2.24, 2.45) is 17.1 Å². The first kappa shape index (κ1) is 15.0. The summed E-state index contributed by atoms with van der Waals surface area (Å²) in [7, 11) is 2.26. The Kier molecular flexibility index (Phi) is 5.03. The van der Waals surface area contributed by atoms with Gasteiger partial charge in [0.05, 0.1) is 0 Å². The van der Waals surface area contributed by atoms with E-state index in [1.165, 1.54) is 32.1 Å². The second-order valence-electron chi connectivity index (χ2n) is 6.91.